The summed E-state index contributed by atoms with van der Waals surface area (Å²) in [5, 5.41) is 3.07. The van der Waals surface area contributed by atoms with Crippen LogP contribution in [0.2, 0.25) is 5.02 Å². The van der Waals surface area contributed by atoms with E-state index in [0.717, 1.165) is 5.56 Å². The molecule has 0 aliphatic carbocycles. The number of benzene rings is 1. The number of nitrogens with one attached hydrogen (secondary N) is 2. The van der Waals surface area contributed by atoms with Gasteiger partial charge in [0.05, 0.1) is 6.33 Å². The van der Waals surface area contributed by atoms with E-state index in [9.17, 15) is 13.2 Å². The van der Waals surface area contributed by atoms with Crippen LogP contribution >= 0.6 is 11.6 Å². The lowest BCUT2D eigenvalue weighted by Gasteiger charge is -2.05. The molecule has 1 amide bonds. The van der Waals surface area contributed by atoms with E-state index in [-0.39, 0.29) is 24.0 Å². The number of sulfonamides is 1. The standard InChI is InChI=1S/C15H17ClN4O3S/c1-20-10-15(18-11-20)24(22,23)19-9-8-17-14(21)7-6-12-4-2-3-5-13(12)16/h2-7,10-11,19H,8-9H2,1H3,(H,17,21). The lowest BCUT2D eigenvalue weighted by molar-refractivity contribution is -0.116. The molecule has 0 radical (unpaired) electrons. The molecule has 2 rings (SSSR count). The normalized spacial score (nSPS) is 11.8. The molecule has 0 fully saturated rings. The van der Waals surface area contributed by atoms with Crippen molar-refractivity contribution >= 4 is 33.6 Å². The molecule has 9 heteroatoms. The number of halogens is 1. The molecule has 7 nitrogen and oxygen atoms in total. The summed E-state index contributed by atoms with van der Waals surface area (Å²) in [5.74, 6) is -0.341. The van der Waals surface area contributed by atoms with Crippen LogP contribution in [0.5, 0.6) is 0 Å². The summed E-state index contributed by atoms with van der Waals surface area (Å²) < 4.78 is 27.7. The Hall–Kier alpha value is -2.16. The van der Waals surface area contributed by atoms with Crippen LogP contribution in [0.4, 0.5) is 0 Å². The van der Waals surface area contributed by atoms with Gasteiger partial charge in [-0.25, -0.2) is 18.1 Å². The van der Waals surface area contributed by atoms with Crippen molar-refractivity contribution in [2.45, 2.75) is 5.03 Å². The highest BCUT2D eigenvalue weighted by Gasteiger charge is 2.15. The minimum absolute atomic E-state index is 0.0601. The lowest BCUT2D eigenvalue weighted by atomic mass is 10.2. The summed E-state index contributed by atoms with van der Waals surface area (Å²) >= 11 is 5.98. The Kier molecular flexibility index (Phi) is 6.13. The van der Waals surface area contributed by atoms with Crippen LogP contribution < -0.4 is 10.0 Å². The predicted octanol–water partition coefficient (Wildman–Crippen LogP) is 1.18. The van der Waals surface area contributed by atoms with Crippen LogP contribution in [0.25, 0.3) is 6.08 Å². The maximum atomic E-state index is 11.9. The number of aromatic nitrogens is 2. The first-order valence-corrected chi connectivity index (χ1v) is 8.93. The highest BCUT2D eigenvalue weighted by molar-refractivity contribution is 7.89. The van der Waals surface area contributed by atoms with Gasteiger partial charge in [-0.15, -0.1) is 0 Å². The third-order valence-electron chi connectivity index (χ3n) is 2.99. The zero-order chi connectivity index (χ0) is 17.6. The Labute approximate surface area is 145 Å². The molecule has 0 spiro atoms. The van der Waals surface area contributed by atoms with Gasteiger partial charge in [0.1, 0.15) is 0 Å². The average molecular weight is 369 g/mol. The smallest absolute Gasteiger partial charge is 0.259 e. The number of hydrogen-bond donors (Lipinski definition) is 2. The van der Waals surface area contributed by atoms with Gasteiger partial charge in [0, 0.05) is 37.4 Å². The van der Waals surface area contributed by atoms with Crippen LogP contribution in [0.15, 0.2) is 47.9 Å². The second kappa shape index (κ2) is 8.09. The molecule has 1 aromatic heterocycles. The number of amides is 1. The third kappa shape index (κ3) is 5.19. The molecule has 1 aromatic carbocycles. The summed E-state index contributed by atoms with van der Waals surface area (Å²) in [7, 11) is -1.99. The van der Waals surface area contributed by atoms with E-state index in [1.165, 1.54) is 23.2 Å². The largest absolute Gasteiger partial charge is 0.351 e. The number of carbonyl (C=O) groups excluding carboxylic acids is 1. The molecule has 0 aliphatic rings. The van der Waals surface area contributed by atoms with Crippen LogP contribution in [0, 0.1) is 0 Å². The van der Waals surface area contributed by atoms with Crippen molar-refractivity contribution in [1.29, 1.82) is 0 Å². The number of nitrogens with zero attached hydrogens (tertiary/aromatic N) is 2. The van der Waals surface area contributed by atoms with Gasteiger partial charge in [-0.05, 0) is 17.7 Å². The highest BCUT2D eigenvalue weighted by Crippen LogP contribution is 2.15. The van der Waals surface area contributed by atoms with Gasteiger partial charge < -0.3 is 9.88 Å². The summed E-state index contributed by atoms with van der Waals surface area (Å²) in [4.78, 5) is 15.5. The Morgan fingerprint density at radius 2 is 2.08 bits per heavy atom. The average Bonchev–Trinajstić information content (AvgIpc) is 2.98. The Morgan fingerprint density at radius 1 is 1.33 bits per heavy atom. The topological polar surface area (TPSA) is 93.1 Å². The minimum atomic E-state index is -3.67. The first-order chi connectivity index (χ1) is 11.4. The molecule has 24 heavy (non-hydrogen) atoms. The van der Waals surface area contributed by atoms with Gasteiger partial charge in [0.2, 0.25) is 5.91 Å². The molecule has 1 heterocycles. The van der Waals surface area contributed by atoms with Crippen molar-refractivity contribution < 1.29 is 13.2 Å². The molecule has 0 saturated heterocycles. The summed E-state index contributed by atoms with van der Waals surface area (Å²) in [6.45, 7) is 0.211. The van der Waals surface area contributed by atoms with Gasteiger partial charge in [-0.1, -0.05) is 29.8 Å². The van der Waals surface area contributed by atoms with Crippen molar-refractivity contribution in [1.82, 2.24) is 19.6 Å². The van der Waals surface area contributed by atoms with Crippen molar-refractivity contribution in [2.75, 3.05) is 13.1 Å². The molecule has 0 saturated carbocycles. The fourth-order valence-electron chi connectivity index (χ4n) is 1.81. The quantitative estimate of drug-likeness (QED) is 0.567. The van der Waals surface area contributed by atoms with E-state index >= 15 is 0 Å². The van der Waals surface area contributed by atoms with Crippen molar-refractivity contribution in [3.8, 4) is 0 Å². The van der Waals surface area contributed by atoms with E-state index in [4.69, 9.17) is 11.6 Å². The molecular weight excluding hydrogens is 352 g/mol. The van der Waals surface area contributed by atoms with Gasteiger partial charge in [-0.3, -0.25) is 4.79 Å². The number of aryl methyl sites for hydroxylation is 1. The van der Waals surface area contributed by atoms with Crippen LogP contribution in [-0.4, -0.2) is 37.0 Å². The Balaban J connectivity index is 1.78. The molecule has 2 aromatic rings. The first-order valence-electron chi connectivity index (χ1n) is 7.06. The number of imidazole rings is 1. The van der Waals surface area contributed by atoms with E-state index in [1.54, 1.807) is 31.3 Å². The number of carbonyl (C=O) groups is 1. The van der Waals surface area contributed by atoms with Crippen LogP contribution in [-0.2, 0) is 21.9 Å². The summed E-state index contributed by atoms with van der Waals surface area (Å²) in [5.41, 5.74) is 0.727. The molecule has 0 aliphatic heterocycles. The third-order valence-corrected chi connectivity index (χ3v) is 4.68. The van der Waals surface area contributed by atoms with E-state index in [1.807, 2.05) is 6.07 Å². The molecule has 0 unspecified atom stereocenters. The van der Waals surface area contributed by atoms with E-state index < -0.39 is 10.0 Å². The van der Waals surface area contributed by atoms with Gasteiger partial charge in [0.25, 0.3) is 10.0 Å². The van der Waals surface area contributed by atoms with Crippen molar-refractivity contribution in [3.05, 3.63) is 53.5 Å². The molecular formula is C15H17ClN4O3S. The van der Waals surface area contributed by atoms with E-state index in [2.05, 4.69) is 15.0 Å². The van der Waals surface area contributed by atoms with Gasteiger partial charge in [-0.2, -0.15) is 0 Å². The Bertz CT molecular complexity index is 846. The van der Waals surface area contributed by atoms with Gasteiger partial charge >= 0.3 is 0 Å². The zero-order valence-electron chi connectivity index (χ0n) is 12.9. The number of hydrogen-bond acceptors (Lipinski definition) is 4. The highest BCUT2D eigenvalue weighted by atomic mass is 35.5. The summed E-state index contributed by atoms with van der Waals surface area (Å²) in [6.07, 6.45) is 5.73. The molecule has 0 atom stereocenters. The molecule has 128 valence electrons. The van der Waals surface area contributed by atoms with Gasteiger partial charge in [0.15, 0.2) is 5.03 Å². The van der Waals surface area contributed by atoms with Crippen molar-refractivity contribution in [2.24, 2.45) is 7.05 Å². The number of rotatable bonds is 7. The van der Waals surface area contributed by atoms with E-state index in [0.29, 0.717) is 5.02 Å². The maximum Gasteiger partial charge on any atom is 0.259 e. The van der Waals surface area contributed by atoms with Crippen LogP contribution in [0.1, 0.15) is 5.56 Å². The van der Waals surface area contributed by atoms with Crippen LogP contribution in [0.3, 0.4) is 0 Å². The Morgan fingerprint density at radius 3 is 2.75 bits per heavy atom. The van der Waals surface area contributed by atoms with Crippen molar-refractivity contribution in [3.63, 3.8) is 0 Å². The fourth-order valence-corrected chi connectivity index (χ4v) is 3.02. The second-order valence-corrected chi connectivity index (χ2v) is 7.04. The monoisotopic (exact) mass is 368 g/mol. The molecule has 0 bridgehead atoms. The maximum absolute atomic E-state index is 11.9. The second-order valence-electron chi connectivity index (χ2n) is 4.92. The zero-order valence-corrected chi connectivity index (χ0v) is 14.5. The molecule has 2 N–H and O–H groups in total. The lowest BCUT2D eigenvalue weighted by Crippen LogP contribution is -2.34. The predicted molar refractivity (Wildman–Crippen MR) is 91.9 cm³/mol. The fraction of sp³-hybridized carbons (Fsp3) is 0.200. The SMILES string of the molecule is Cn1cnc(S(=O)(=O)NCCNC(=O)C=Cc2ccccc2Cl)c1. The summed E-state index contributed by atoms with van der Waals surface area (Å²) in [6, 6.07) is 7.13. The first kappa shape index (κ1) is 18.2. The minimum Gasteiger partial charge on any atom is -0.351 e.